The molecule has 22 heavy (non-hydrogen) atoms. The lowest BCUT2D eigenvalue weighted by molar-refractivity contribution is 1.33. The van der Waals surface area contributed by atoms with Gasteiger partial charge >= 0.3 is 0 Å². The van der Waals surface area contributed by atoms with Gasteiger partial charge in [0.25, 0.3) is 0 Å². The van der Waals surface area contributed by atoms with Crippen molar-refractivity contribution in [1.29, 1.82) is 0 Å². The summed E-state index contributed by atoms with van der Waals surface area (Å²) in [6.45, 7) is 15.0. The summed E-state index contributed by atoms with van der Waals surface area (Å²) < 4.78 is 0. The highest BCUT2D eigenvalue weighted by Crippen LogP contribution is 2.44. The first-order valence-electron chi connectivity index (χ1n) is 6.58. The highest BCUT2D eigenvalue weighted by molar-refractivity contribution is 5.96. The summed E-state index contributed by atoms with van der Waals surface area (Å²) in [6.07, 6.45) is 6.75. The van der Waals surface area contributed by atoms with Gasteiger partial charge in [0.15, 0.2) is 0 Å². The zero-order valence-corrected chi connectivity index (χ0v) is 11.6. The first-order valence-corrected chi connectivity index (χ1v) is 6.58. The van der Waals surface area contributed by atoms with E-state index in [1.165, 1.54) is 0 Å². The molecule has 102 valence electrons. The minimum atomic E-state index is 0.351. The van der Waals surface area contributed by atoms with Gasteiger partial charge in [0.2, 0.25) is 11.4 Å². The van der Waals surface area contributed by atoms with Crippen molar-refractivity contribution >= 4 is 11.4 Å². The first kappa shape index (κ1) is 13.5. The van der Waals surface area contributed by atoms with Gasteiger partial charge in [0, 0.05) is 24.8 Å². The SMILES string of the molecule is [C-]#[N+]c1c(-c2cccnc2)ccc(-c2cccnc2)c1[N+]#[C-]. The fourth-order valence-corrected chi connectivity index (χ4v) is 2.32. The number of rotatable bonds is 2. The van der Waals surface area contributed by atoms with Crippen molar-refractivity contribution in [1.82, 2.24) is 9.97 Å². The maximum Gasteiger partial charge on any atom is 0.202 e. The Morgan fingerprint density at radius 2 is 1.14 bits per heavy atom. The van der Waals surface area contributed by atoms with Crippen LogP contribution in [0.5, 0.6) is 0 Å². The van der Waals surface area contributed by atoms with Gasteiger partial charge in [-0.25, -0.2) is 9.69 Å². The van der Waals surface area contributed by atoms with Crippen LogP contribution in [0.15, 0.2) is 61.2 Å². The third-order valence-corrected chi connectivity index (χ3v) is 3.32. The Hall–Kier alpha value is -3.50. The van der Waals surface area contributed by atoms with Crippen LogP contribution < -0.4 is 0 Å². The van der Waals surface area contributed by atoms with Crippen molar-refractivity contribution in [2.45, 2.75) is 0 Å². The molecule has 0 atom stereocenters. The van der Waals surface area contributed by atoms with E-state index >= 15 is 0 Å². The average molecular weight is 282 g/mol. The predicted molar refractivity (Wildman–Crippen MR) is 85.4 cm³/mol. The third kappa shape index (κ3) is 2.30. The van der Waals surface area contributed by atoms with Crippen LogP contribution in [-0.2, 0) is 0 Å². The lowest BCUT2D eigenvalue weighted by atomic mass is 9.98. The summed E-state index contributed by atoms with van der Waals surface area (Å²) in [5, 5.41) is 0. The summed E-state index contributed by atoms with van der Waals surface area (Å²) in [7, 11) is 0. The molecule has 0 aliphatic rings. The zero-order chi connectivity index (χ0) is 15.4. The molecule has 0 radical (unpaired) electrons. The van der Waals surface area contributed by atoms with Crippen LogP contribution in [0, 0.1) is 13.1 Å². The molecule has 1 aromatic carbocycles. The third-order valence-electron chi connectivity index (χ3n) is 3.32. The highest BCUT2D eigenvalue weighted by atomic mass is 14.8. The van der Waals surface area contributed by atoms with Crippen LogP contribution in [-0.4, -0.2) is 9.97 Å². The van der Waals surface area contributed by atoms with E-state index in [0.29, 0.717) is 11.4 Å². The molecule has 0 aliphatic heterocycles. The Balaban J connectivity index is 2.27. The zero-order valence-electron chi connectivity index (χ0n) is 11.6. The molecule has 3 rings (SSSR count). The summed E-state index contributed by atoms with van der Waals surface area (Å²) in [5.41, 5.74) is 3.81. The molecule has 0 spiro atoms. The second kappa shape index (κ2) is 5.87. The maximum atomic E-state index is 7.48. The molecule has 0 unspecified atom stereocenters. The smallest absolute Gasteiger partial charge is 0.202 e. The molecule has 2 aromatic heterocycles. The van der Waals surface area contributed by atoms with Gasteiger partial charge < -0.3 is 0 Å². The van der Waals surface area contributed by atoms with Crippen LogP contribution in [0.2, 0.25) is 0 Å². The van der Waals surface area contributed by atoms with E-state index in [2.05, 4.69) is 19.7 Å². The molecule has 0 fully saturated rings. The number of nitrogens with zero attached hydrogens (tertiary/aromatic N) is 4. The first-order chi connectivity index (χ1) is 10.8. The molecule has 0 saturated heterocycles. The Kier molecular flexibility index (Phi) is 3.59. The quantitative estimate of drug-likeness (QED) is 0.626. The van der Waals surface area contributed by atoms with E-state index in [1.54, 1.807) is 24.8 Å². The number of hydrogen-bond acceptors (Lipinski definition) is 2. The molecule has 0 aliphatic carbocycles. The summed E-state index contributed by atoms with van der Waals surface area (Å²) in [5.74, 6) is 0. The van der Waals surface area contributed by atoms with Crippen molar-refractivity contribution < 1.29 is 0 Å². The summed E-state index contributed by atoms with van der Waals surface area (Å²) >= 11 is 0. The van der Waals surface area contributed by atoms with Crippen molar-refractivity contribution in [3.05, 3.63) is 84.0 Å². The molecule has 0 amide bonds. The molecular formula is C18H10N4. The molecule has 0 N–H and O–H groups in total. The van der Waals surface area contributed by atoms with Gasteiger partial charge in [-0.1, -0.05) is 24.3 Å². The van der Waals surface area contributed by atoms with E-state index in [9.17, 15) is 0 Å². The molecular weight excluding hydrogens is 272 g/mol. The Morgan fingerprint density at radius 1 is 0.682 bits per heavy atom. The average Bonchev–Trinajstić information content (AvgIpc) is 2.61. The number of pyridine rings is 2. The van der Waals surface area contributed by atoms with Gasteiger partial charge in [0.05, 0.1) is 13.1 Å². The number of aromatic nitrogens is 2. The van der Waals surface area contributed by atoms with Crippen molar-refractivity contribution in [3.63, 3.8) is 0 Å². The minimum Gasteiger partial charge on any atom is -0.264 e. The lowest BCUT2D eigenvalue weighted by Gasteiger charge is -2.10. The molecule has 4 nitrogen and oxygen atoms in total. The molecule has 3 aromatic rings. The second-order valence-corrected chi connectivity index (χ2v) is 4.56. The van der Waals surface area contributed by atoms with Gasteiger partial charge in [-0.2, -0.15) is 0 Å². The van der Waals surface area contributed by atoms with Crippen LogP contribution in [0.4, 0.5) is 11.4 Å². The van der Waals surface area contributed by atoms with E-state index in [1.807, 2.05) is 36.4 Å². The van der Waals surface area contributed by atoms with E-state index in [-0.39, 0.29) is 0 Å². The van der Waals surface area contributed by atoms with Gasteiger partial charge in [-0.05, 0) is 34.4 Å². The van der Waals surface area contributed by atoms with Gasteiger partial charge in [-0.3, -0.25) is 9.97 Å². The van der Waals surface area contributed by atoms with Crippen molar-refractivity contribution in [2.24, 2.45) is 0 Å². The topological polar surface area (TPSA) is 34.5 Å². The van der Waals surface area contributed by atoms with E-state index in [0.717, 1.165) is 22.3 Å². The normalized spacial score (nSPS) is 9.73. The number of benzene rings is 1. The fraction of sp³-hybridized carbons (Fsp3) is 0. The van der Waals surface area contributed by atoms with Crippen LogP contribution in [0.25, 0.3) is 31.9 Å². The Morgan fingerprint density at radius 3 is 1.45 bits per heavy atom. The summed E-state index contributed by atoms with van der Waals surface area (Å²) in [6, 6.07) is 11.1. The number of hydrogen-bond donors (Lipinski definition) is 0. The molecule has 4 heteroatoms. The Labute approximate surface area is 128 Å². The van der Waals surface area contributed by atoms with Crippen molar-refractivity contribution in [3.8, 4) is 22.3 Å². The largest absolute Gasteiger partial charge is 0.264 e. The van der Waals surface area contributed by atoms with Crippen LogP contribution in [0.1, 0.15) is 0 Å². The molecule has 2 heterocycles. The lowest BCUT2D eigenvalue weighted by Crippen LogP contribution is -1.84. The van der Waals surface area contributed by atoms with Gasteiger partial charge in [0.1, 0.15) is 0 Å². The summed E-state index contributed by atoms with van der Waals surface area (Å²) in [4.78, 5) is 15.3. The maximum absolute atomic E-state index is 7.48. The monoisotopic (exact) mass is 282 g/mol. The van der Waals surface area contributed by atoms with E-state index < -0.39 is 0 Å². The minimum absolute atomic E-state index is 0.351. The Bertz CT molecular complexity index is 812. The standard InChI is InChI=1S/C18H10N4/c1-19-17-15(13-5-3-9-21-11-13)7-8-16(18(17)20-2)14-6-4-10-22-12-14/h3-12H. The highest BCUT2D eigenvalue weighted by Gasteiger charge is 2.16. The fourth-order valence-electron chi connectivity index (χ4n) is 2.32. The predicted octanol–water partition coefficient (Wildman–Crippen LogP) is 4.91. The van der Waals surface area contributed by atoms with Crippen LogP contribution >= 0.6 is 0 Å². The van der Waals surface area contributed by atoms with Crippen LogP contribution in [0.3, 0.4) is 0 Å². The van der Waals surface area contributed by atoms with E-state index in [4.69, 9.17) is 13.1 Å². The molecule has 0 saturated carbocycles. The molecule has 0 bridgehead atoms. The van der Waals surface area contributed by atoms with Gasteiger partial charge in [-0.15, -0.1) is 0 Å². The van der Waals surface area contributed by atoms with Crippen molar-refractivity contribution in [2.75, 3.05) is 0 Å². The second-order valence-electron chi connectivity index (χ2n) is 4.56.